The largest absolute Gasteiger partial charge is 0.465 e. The Bertz CT molecular complexity index is 659. The zero-order valence-electron chi connectivity index (χ0n) is 10.1. The fraction of sp³-hybridized carbons (Fsp3) is 0.0833. The van der Waals surface area contributed by atoms with Crippen LogP contribution in [0.5, 0.6) is 0 Å². The standard InChI is InChI=1S/C12H8F2N2O3S/c1-19-12(18)6-2-9(8(14)3-7(6)13)16-11(17)10-4-20-5-15-10/h2-5H,1H3,(H,16,17). The van der Waals surface area contributed by atoms with Gasteiger partial charge in [0.25, 0.3) is 5.91 Å². The van der Waals surface area contributed by atoms with E-state index in [0.29, 0.717) is 6.07 Å². The van der Waals surface area contributed by atoms with Crippen molar-refractivity contribution >= 4 is 28.9 Å². The Balaban J connectivity index is 2.32. The number of carbonyl (C=O) groups is 2. The van der Waals surface area contributed by atoms with E-state index in [9.17, 15) is 18.4 Å². The normalized spacial score (nSPS) is 10.2. The van der Waals surface area contributed by atoms with E-state index in [2.05, 4.69) is 15.0 Å². The van der Waals surface area contributed by atoms with E-state index >= 15 is 0 Å². The highest BCUT2D eigenvalue weighted by Gasteiger charge is 2.18. The van der Waals surface area contributed by atoms with Crippen molar-refractivity contribution in [2.45, 2.75) is 0 Å². The van der Waals surface area contributed by atoms with Crippen molar-refractivity contribution < 1.29 is 23.1 Å². The molecule has 0 fully saturated rings. The molecular weight excluding hydrogens is 290 g/mol. The van der Waals surface area contributed by atoms with E-state index in [1.54, 1.807) is 0 Å². The molecule has 0 atom stereocenters. The lowest BCUT2D eigenvalue weighted by atomic mass is 10.1. The summed E-state index contributed by atoms with van der Waals surface area (Å²) in [5, 5.41) is 3.69. The molecule has 0 spiro atoms. The molecule has 2 aromatic rings. The lowest BCUT2D eigenvalue weighted by Gasteiger charge is -2.08. The minimum absolute atomic E-state index is 0.0957. The Kier molecular flexibility index (Phi) is 4.04. The molecule has 1 aromatic carbocycles. The van der Waals surface area contributed by atoms with E-state index in [1.807, 2.05) is 0 Å². The van der Waals surface area contributed by atoms with Crippen LogP contribution in [-0.4, -0.2) is 24.0 Å². The van der Waals surface area contributed by atoms with Gasteiger partial charge in [-0.25, -0.2) is 18.6 Å². The van der Waals surface area contributed by atoms with Crippen molar-refractivity contribution in [3.05, 3.63) is 45.9 Å². The van der Waals surface area contributed by atoms with Gasteiger partial charge >= 0.3 is 5.97 Å². The topological polar surface area (TPSA) is 68.3 Å². The molecule has 2 rings (SSSR count). The number of nitrogens with one attached hydrogen (secondary N) is 1. The minimum Gasteiger partial charge on any atom is -0.465 e. The van der Waals surface area contributed by atoms with Gasteiger partial charge in [0, 0.05) is 11.4 Å². The second-order valence-electron chi connectivity index (χ2n) is 3.63. The van der Waals surface area contributed by atoms with Crippen LogP contribution in [0.4, 0.5) is 14.5 Å². The number of methoxy groups -OCH3 is 1. The van der Waals surface area contributed by atoms with Crippen LogP contribution >= 0.6 is 11.3 Å². The highest BCUT2D eigenvalue weighted by molar-refractivity contribution is 7.07. The summed E-state index contributed by atoms with van der Waals surface area (Å²) in [4.78, 5) is 26.8. The highest BCUT2D eigenvalue weighted by atomic mass is 32.1. The first-order valence-corrected chi connectivity index (χ1v) is 6.24. The number of esters is 1. The summed E-state index contributed by atoms with van der Waals surface area (Å²) in [5.74, 6) is -3.70. The number of anilines is 1. The molecule has 0 saturated carbocycles. The van der Waals surface area contributed by atoms with Crippen molar-refractivity contribution in [3.8, 4) is 0 Å². The van der Waals surface area contributed by atoms with Crippen molar-refractivity contribution in [1.82, 2.24) is 4.98 Å². The second-order valence-corrected chi connectivity index (χ2v) is 4.35. The Morgan fingerprint density at radius 3 is 2.65 bits per heavy atom. The smallest absolute Gasteiger partial charge is 0.340 e. The molecule has 0 aliphatic rings. The maximum Gasteiger partial charge on any atom is 0.340 e. The first-order valence-electron chi connectivity index (χ1n) is 5.30. The van der Waals surface area contributed by atoms with Gasteiger partial charge in [0.2, 0.25) is 0 Å². The van der Waals surface area contributed by atoms with Gasteiger partial charge in [-0.15, -0.1) is 11.3 Å². The molecule has 0 radical (unpaired) electrons. The number of ether oxygens (including phenoxy) is 1. The molecule has 1 N–H and O–H groups in total. The Hall–Kier alpha value is -2.35. The fourth-order valence-corrected chi connectivity index (χ4v) is 1.95. The van der Waals surface area contributed by atoms with E-state index in [4.69, 9.17) is 0 Å². The number of nitrogens with zero attached hydrogens (tertiary/aromatic N) is 1. The van der Waals surface area contributed by atoms with E-state index < -0.39 is 29.1 Å². The zero-order valence-corrected chi connectivity index (χ0v) is 11.0. The van der Waals surface area contributed by atoms with Gasteiger partial charge in [-0.1, -0.05) is 0 Å². The summed E-state index contributed by atoms with van der Waals surface area (Å²) >= 11 is 1.20. The van der Waals surface area contributed by atoms with Gasteiger partial charge in [-0.2, -0.15) is 0 Å². The number of rotatable bonds is 3. The van der Waals surface area contributed by atoms with Crippen LogP contribution in [0.25, 0.3) is 0 Å². The second kappa shape index (κ2) is 5.74. The molecule has 0 unspecified atom stereocenters. The molecule has 1 amide bonds. The van der Waals surface area contributed by atoms with Crippen molar-refractivity contribution in [2.24, 2.45) is 0 Å². The number of amides is 1. The average Bonchev–Trinajstić information content (AvgIpc) is 2.95. The first-order chi connectivity index (χ1) is 9.52. The van der Waals surface area contributed by atoms with Crippen molar-refractivity contribution in [1.29, 1.82) is 0 Å². The SMILES string of the molecule is COC(=O)c1cc(NC(=O)c2cscn2)c(F)cc1F. The summed E-state index contributed by atoms with van der Waals surface area (Å²) in [5.41, 5.74) is 0.737. The number of aromatic nitrogens is 1. The molecule has 0 saturated heterocycles. The minimum atomic E-state index is -1.07. The van der Waals surface area contributed by atoms with Crippen LogP contribution in [0.1, 0.15) is 20.8 Å². The number of hydrogen-bond acceptors (Lipinski definition) is 5. The monoisotopic (exact) mass is 298 g/mol. The van der Waals surface area contributed by atoms with Gasteiger partial charge in [-0.05, 0) is 6.07 Å². The lowest BCUT2D eigenvalue weighted by Crippen LogP contribution is -2.15. The number of carbonyl (C=O) groups excluding carboxylic acids is 2. The number of hydrogen-bond donors (Lipinski definition) is 1. The third-order valence-corrected chi connectivity index (χ3v) is 2.96. The average molecular weight is 298 g/mol. The van der Waals surface area contributed by atoms with E-state index in [-0.39, 0.29) is 11.4 Å². The molecule has 8 heteroatoms. The summed E-state index contributed by atoms with van der Waals surface area (Å²) in [6.07, 6.45) is 0. The Labute approximate surface area is 116 Å². The predicted octanol–water partition coefficient (Wildman–Crippen LogP) is 2.46. The quantitative estimate of drug-likeness (QED) is 0.884. The zero-order chi connectivity index (χ0) is 14.7. The molecule has 0 aliphatic carbocycles. The summed E-state index contributed by atoms with van der Waals surface area (Å²) in [6, 6.07) is 1.38. The number of benzene rings is 1. The van der Waals surface area contributed by atoms with Crippen LogP contribution in [0.3, 0.4) is 0 Å². The summed E-state index contributed by atoms with van der Waals surface area (Å²) in [6.45, 7) is 0. The molecule has 5 nitrogen and oxygen atoms in total. The van der Waals surface area contributed by atoms with Crippen LogP contribution in [-0.2, 0) is 4.74 Å². The maximum atomic E-state index is 13.6. The number of thiazole rings is 1. The maximum absolute atomic E-state index is 13.6. The first kappa shape index (κ1) is 14.1. The van der Waals surface area contributed by atoms with E-state index in [0.717, 1.165) is 13.2 Å². The highest BCUT2D eigenvalue weighted by Crippen LogP contribution is 2.21. The molecule has 0 bridgehead atoms. The summed E-state index contributed by atoms with van der Waals surface area (Å²) < 4.78 is 31.4. The molecule has 104 valence electrons. The Morgan fingerprint density at radius 2 is 2.05 bits per heavy atom. The van der Waals surface area contributed by atoms with Gasteiger partial charge < -0.3 is 10.1 Å². The molecule has 1 aromatic heterocycles. The van der Waals surface area contributed by atoms with E-state index in [1.165, 1.54) is 22.2 Å². The van der Waals surface area contributed by atoms with Crippen molar-refractivity contribution in [2.75, 3.05) is 12.4 Å². The van der Waals surface area contributed by atoms with Gasteiger partial charge in [0.15, 0.2) is 0 Å². The molecular formula is C12H8F2N2O3S. The van der Waals surface area contributed by atoms with Gasteiger partial charge in [0.1, 0.15) is 17.3 Å². The van der Waals surface area contributed by atoms with Crippen LogP contribution in [0, 0.1) is 11.6 Å². The van der Waals surface area contributed by atoms with Crippen LogP contribution in [0.2, 0.25) is 0 Å². The molecule has 20 heavy (non-hydrogen) atoms. The molecule has 1 heterocycles. The van der Waals surface area contributed by atoms with Crippen molar-refractivity contribution in [3.63, 3.8) is 0 Å². The third-order valence-electron chi connectivity index (χ3n) is 2.38. The van der Waals surface area contributed by atoms with Crippen LogP contribution < -0.4 is 5.32 Å². The van der Waals surface area contributed by atoms with Gasteiger partial charge in [0.05, 0.1) is 23.9 Å². The van der Waals surface area contributed by atoms with Gasteiger partial charge in [-0.3, -0.25) is 4.79 Å². The third kappa shape index (κ3) is 2.80. The lowest BCUT2D eigenvalue weighted by molar-refractivity contribution is 0.0595. The Morgan fingerprint density at radius 1 is 1.30 bits per heavy atom. The van der Waals surface area contributed by atoms with Crippen LogP contribution in [0.15, 0.2) is 23.0 Å². The fourth-order valence-electron chi connectivity index (χ4n) is 1.42. The summed E-state index contributed by atoms with van der Waals surface area (Å²) in [7, 11) is 1.07. The molecule has 0 aliphatic heterocycles. The predicted molar refractivity (Wildman–Crippen MR) is 67.8 cm³/mol. The number of halogens is 2.